The second-order valence-electron chi connectivity index (χ2n) is 5.36. The Hall–Kier alpha value is -2.03. The Bertz CT molecular complexity index is 557. The molecule has 0 atom stereocenters. The van der Waals surface area contributed by atoms with E-state index in [1.54, 1.807) is 0 Å². The van der Waals surface area contributed by atoms with E-state index in [4.69, 9.17) is 0 Å². The van der Waals surface area contributed by atoms with Crippen LogP contribution in [0.5, 0.6) is 0 Å². The highest BCUT2D eigenvalue weighted by Crippen LogP contribution is 2.22. The minimum absolute atomic E-state index is 0.774. The maximum absolute atomic E-state index is 4.40. The first-order chi connectivity index (χ1) is 9.83. The van der Waals surface area contributed by atoms with Gasteiger partial charge in [-0.25, -0.2) is 0 Å². The van der Waals surface area contributed by atoms with Crippen molar-refractivity contribution in [3.8, 4) is 0 Å². The molecule has 20 heavy (non-hydrogen) atoms. The number of anilines is 2. The van der Waals surface area contributed by atoms with Gasteiger partial charge in [-0.15, -0.1) is 0 Å². The molecule has 0 amide bonds. The van der Waals surface area contributed by atoms with E-state index >= 15 is 0 Å². The lowest BCUT2D eigenvalue weighted by Gasteiger charge is -2.18. The number of rotatable bonds is 4. The van der Waals surface area contributed by atoms with Gasteiger partial charge in [-0.05, 0) is 55.7 Å². The summed E-state index contributed by atoms with van der Waals surface area (Å²) in [6.45, 7) is 5.26. The lowest BCUT2D eigenvalue weighted by atomic mass is 10.2. The zero-order chi connectivity index (χ0) is 13.8. The summed E-state index contributed by atoms with van der Waals surface area (Å²) < 4.78 is 0. The van der Waals surface area contributed by atoms with Crippen LogP contribution >= 0.6 is 0 Å². The number of nitrogens with one attached hydrogen (secondary N) is 1. The molecular formula is C17H21N3. The fourth-order valence-corrected chi connectivity index (χ4v) is 2.65. The molecule has 1 aromatic carbocycles. The molecule has 1 aliphatic heterocycles. The summed E-state index contributed by atoms with van der Waals surface area (Å²) >= 11 is 0. The Morgan fingerprint density at radius 1 is 1.10 bits per heavy atom. The molecule has 0 bridgehead atoms. The maximum Gasteiger partial charge on any atom is 0.0623 e. The monoisotopic (exact) mass is 267 g/mol. The number of pyridine rings is 1. The van der Waals surface area contributed by atoms with Gasteiger partial charge in [-0.3, -0.25) is 4.98 Å². The molecule has 1 saturated heterocycles. The average Bonchev–Trinajstić information content (AvgIpc) is 3.01. The molecular weight excluding hydrogens is 246 g/mol. The Morgan fingerprint density at radius 3 is 2.55 bits per heavy atom. The van der Waals surface area contributed by atoms with Crippen LogP contribution in [0.25, 0.3) is 0 Å². The molecule has 1 aromatic heterocycles. The van der Waals surface area contributed by atoms with Crippen molar-refractivity contribution >= 4 is 11.4 Å². The quantitative estimate of drug-likeness (QED) is 0.917. The van der Waals surface area contributed by atoms with Crippen molar-refractivity contribution in [2.45, 2.75) is 26.3 Å². The van der Waals surface area contributed by atoms with Crippen LogP contribution in [0, 0.1) is 6.92 Å². The van der Waals surface area contributed by atoms with Gasteiger partial charge in [-0.2, -0.15) is 0 Å². The Balaban J connectivity index is 1.62. The molecule has 3 rings (SSSR count). The third kappa shape index (κ3) is 2.93. The standard InChI is InChI=1S/C17H21N3/c1-14-5-4-10-18-17(14)13-19-15-6-8-16(9-7-15)20-11-2-3-12-20/h4-10,19H,2-3,11-13H2,1H3. The molecule has 0 radical (unpaired) electrons. The summed E-state index contributed by atoms with van der Waals surface area (Å²) in [5, 5.41) is 3.44. The van der Waals surface area contributed by atoms with Crippen molar-refractivity contribution in [1.29, 1.82) is 0 Å². The van der Waals surface area contributed by atoms with Crippen molar-refractivity contribution in [3.63, 3.8) is 0 Å². The molecule has 2 aromatic rings. The first-order valence-corrected chi connectivity index (χ1v) is 7.32. The van der Waals surface area contributed by atoms with E-state index in [9.17, 15) is 0 Å². The van der Waals surface area contributed by atoms with E-state index in [2.05, 4.69) is 52.5 Å². The molecule has 1 fully saturated rings. The molecule has 0 unspecified atom stereocenters. The molecule has 1 N–H and O–H groups in total. The van der Waals surface area contributed by atoms with Gasteiger partial charge in [0.25, 0.3) is 0 Å². The first kappa shape index (κ1) is 13.0. The van der Waals surface area contributed by atoms with Crippen LogP contribution in [-0.2, 0) is 6.54 Å². The van der Waals surface area contributed by atoms with Gasteiger partial charge in [0.05, 0.1) is 12.2 Å². The third-order valence-electron chi connectivity index (χ3n) is 3.92. The van der Waals surface area contributed by atoms with E-state index in [0.717, 1.165) is 17.9 Å². The molecule has 104 valence electrons. The summed E-state index contributed by atoms with van der Waals surface area (Å²) in [4.78, 5) is 6.85. The van der Waals surface area contributed by atoms with Crippen LogP contribution in [-0.4, -0.2) is 18.1 Å². The van der Waals surface area contributed by atoms with E-state index in [1.807, 2.05) is 12.3 Å². The van der Waals surface area contributed by atoms with Crippen LogP contribution in [0.1, 0.15) is 24.1 Å². The molecule has 0 aliphatic carbocycles. The second-order valence-corrected chi connectivity index (χ2v) is 5.36. The van der Waals surface area contributed by atoms with Gasteiger partial charge >= 0.3 is 0 Å². The van der Waals surface area contributed by atoms with Crippen LogP contribution < -0.4 is 10.2 Å². The molecule has 3 heteroatoms. The van der Waals surface area contributed by atoms with Gasteiger partial charge in [-0.1, -0.05) is 6.07 Å². The highest BCUT2D eigenvalue weighted by Gasteiger charge is 2.11. The van der Waals surface area contributed by atoms with Crippen molar-refractivity contribution in [2.75, 3.05) is 23.3 Å². The molecule has 0 saturated carbocycles. The smallest absolute Gasteiger partial charge is 0.0623 e. The van der Waals surface area contributed by atoms with Crippen LogP contribution in [0.4, 0.5) is 11.4 Å². The number of aryl methyl sites for hydroxylation is 1. The third-order valence-corrected chi connectivity index (χ3v) is 3.92. The number of hydrogen-bond donors (Lipinski definition) is 1. The zero-order valence-electron chi connectivity index (χ0n) is 12.0. The Morgan fingerprint density at radius 2 is 1.85 bits per heavy atom. The lowest BCUT2D eigenvalue weighted by molar-refractivity contribution is 0.949. The predicted octanol–water partition coefficient (Wildman–Crippen LogP) is 3.60. The van der Waals surface area contributed by atoms with Crippen LogP contribution in [0.3, 0.4) is 0 Å². The fraction of sp³-hybridized carbons (Fsp3) is 0.353. The van der Waals surface area contributed by atoms with Gasteiger partial charge in [0.15, 0.2) is 0 Å². The molecule has 1 aliphatic rings. The van der Waals surface area contributed by atoms with Gasteiger partial charge in [0.2, 0.25) is 0 Å². The highest BCUT2D eigenvalue weighted by atomic mass is 15.1. The van der Waals surface area contributed by atoms with Crippen molar-refractivity contribution < 1.29 is 0 Å². The summed E-state index contributed by atoms with van der Waals surface area (Å²) in [6, 6.07) is 12.8. The van der Waals surface area contributed by atoms with Gasteiger partial charge in [0, 0.05) is 30.7 Å². The lowest BCUT2D eigenvalue weighted by Crippen LogP contribution is -2.17. The predicted molar refractivity (Wildman–Crippen MR) is 84.2 cm³/mol. The van der Waals surface area contributed by atoms with E-state index in [1.165, 1.54) is 37.2 Å². The van der Waals surface area contributed by atoms with E-state index in [0.29, 0.717) is 0 Å². The first-order valence-electron chi connectivity index (χ1n) is 7.32. The largest absolute Gasteiger partial charge is 0.379 e. The zero-order valence-corrected chi connectivity index (χ0v) is 12.0. The number of nitrogens with zero attached hydrogens (tertiary/aromatic N) is 2. The van der Waals surface area contributed by atoms with Gasteiger partial charge < -0.3 is 10.2 Å². The van der Waals surface area contributed by atoms with Crippen LogP contribution in [0.15, 0.2) is 42.6 Å². The summed E-state index contributed by atoms with van der Waals surface area (Å²) in [5.41, 5.74) is 4.82. The summed E-state index contributed by atoms with van der Waals surface area (Å²) in [7, 11) is 0. The number of benzene rings is 1. The SMILES string of the molecule is Cc1cccnc1CNc1ccc(N2CCCC2)cc1. The minimum atomic E-state index is 0.774. The summed E-state index contributed by atoms with van der Waals surface area (Å²) in [6.07, 6.45) is 4.48. The van der Waals surface area contributed by atoms with Crippen molar-refractivity contribution in [3.05, 3.63) is 53.9 Å². The number of hydrogen-bond acceptors (Lipinski definition) is 3. The average molecular weight is 267 g/mol. The topological polar surface area (TPSA) is 28.2 Å². The number of aromatic nitrogens is 1. The highest BCUT2D eigenvalue weighted by molar-refractivity contribution is 5.55. The molecule has 2 heterocycles. The fourth-order valence-electron chi connectivity index (χ4n) is 2.65. The van der Waals surface area contributed by atoms with E-state index < -0.39 is 0 Å². The Kier molecular flexibility index (Phi) is 3.86. The van der Waals surface area contributed by atoms with Crippen molar-refractivity contribution in [1.82, 2.24) is 4.98 Å². The molecule has 3 nitrogen and oxygen atoms in total. The Labute approximate surface area is 120 Å². The molecule has 0 spiro atoms. The maximum atomic E-state index is 4.40. The van der Waals surface area contributed by atoms with Gasteiger partial charge in [0.1, 0.15) is 0 Å². The summed E-state index contributed by atoms with van der Waals surface area (Å²) in [5.74, 6) is 0. The van der Waals surface area contributed by atoms with E-state index in [-0.39, 0.29) is 0 Å². The van der Waals surface area contributed by atoms with Crippen LogP contribution in [0.2, 0.25) is 0 Å². The second kappa shape index (κ2) is 5.95. The minimum Gasteiger partial charge on any atom is -0.379 e. The van der Waals surface area contributed by atoms with Crippen molar-refractivity contribution in [2.24, 2.45) is 0 Å². The normalized spacial score (nSPS) is 14.6.